The van der Waals surface area contributed by atoms with Crippen molar-refractivity contribution in [2.45, 2.75) is 0 Å². The molecule has 0 aliphatic heterocycles. The molecule has 0 atom stereocenters. The van der Waals surface area contributed by atoms with Gasteiger partial charge >= 0.3 is 37.1 Å². The SMILES string of the molecule is O=S([O-])[O-].O=S([O-])[O-].O=S([O-])[O-].O=S([O-])[O-].[V+4].[V+4]. The van der Waals surface area contributed by atoms with E-state index >= 15 is 0 Å². The molecular formula is O12S4V2. The van der Waals surface area contributed by atoms with Gasteiger partial charge in [-0.3, -0.25) is 16.8 Å². The Morgan fingerprint density at radius 2 is 0.389 bits per heavy atom. The second-order valence-electron chi connectivity index (χ2n) is 0.816. The van der Waals surface area contributed by atoms with Crippen molar-refractivity contribution in [2.24, 2.45) is 0 Å². The summed E-state index contributed by atoms with van der Waals surface area (Å²) in [4.78, 5) is 0. The van der Waals surface area contributed by atoms with Crippen LogP contribution in [0.2, 0.25) is 0 Å². The van der Waals surface area contributed by atoms with Crippen molar-refractivity contribution >= 4 is 45.4 Å². The fraction of sp³-hybridized carbons (Fsp3) is 0. The van der Waals surface area contributed by atoms with E-state index in [0.717, 1.165) is 0 Å². The average Bonchev–Trinajstić information content (AvgIpc) is 1.76. The normalized spacial score (nSPS) is 7.78. The van der Waals surface area contributed by atoms with Gasteiger partial charge in [0.25, 0.3) is 0 Å². The predicted molar refractivity (Wildman–Crippen MR) is 38.8 cm³/mol. The van der Waals surface area contributed by atoms with Crippen molar-refractivity contribution in [3.8, 4) is 0 Å². The van der Waals surface area contributed by atoms with Crippen LogP contribution in [0.1, 0.15) is 0 Å². The van der Waals surface area contributed by atoms with Crippen LogP contribution in [0.5, 0.6) is 0 Å². The number of rotatable bonds is 0. The molecule has 0 heterocycles. The first-order valence-electron chi connectivity index (χ1n) is 2.00. The summed E-state index contributed by atoms with van der Waals surface area (Å²) in [6.07, 6.45) is 0. The zero-order valence-corrected chi connectivity index (χ0v) is 13.5. The molecule has 0 unspecified atom stereocenters. The van der Waals surface area contributed by atoms with E-state index in [4.69, 9.17) is 53.3 Å². The molecule has 0 bridgehead atoms. The van der Waals surface area contributed by atoms with Gasteiger partial charge in [-0.05, 0) is 0 Å². The molecule has 0 fully saturated rings. The summed E-state index contributed by atoms with van der Waals surface area (Å²) in [5, 5.41) is 0. The second-order valence-corrected chi connectivity index (χ2v) is 2.45. The van der Waals surface area contributed by atoms with Crippen molar-refractivity contribution < 1.29 is 90.4 Å². The molecule has 0 spiro atoms. The van der Waals surface area contributed by atoms with Gasteiger partial charge in [0.1, 0.15) is 0 Å². The first-order valence-corrected chi connectivity index (χ1v) is 6.00. The maximum Gasteiger partial charge on any atom is 4.00 e. The molecule has 0 amide bonds. The predicted octanol–water partition coefficient (Wildman–Crippen LogP) is -4.02. The van der Waals surface area contributed by atoms with Gasteiger partial charge in [0.15, 0.2) is 0 Å². The van der Waals surface area contributed by atoms with E-state index in [2.05, 4.69) is 0 Å². The van der Waals surface area contributed by atoms with E-state index in [1.807, 2.05) is 0 Å². The van der Waals surface area contributed by atoms with Crippen LogP contribution < -0.4 is 0 Å². The Morgan fingerprint density at radius 3 is 0.389 bits per heavy atom. The Hall–Kier alpha value is 1.45. The van der Waals surface area contributed by atoms with Crippen molar-refractivity contribution in [3.05, 3.63) is 0 Å². The zero-order valence-electron chi connectivity index (χ0n) is 7.43. The molecule has 0 rings (SSSR count). The van der Waals surface area contributed by atoms with Crippen LogP contribution in [0.4, 0.5) is 0 Å². The van der Waals surface area contributed by atoms with E-state index in [0.29, 0.717) is 0 Å². The van der Waals surface area contributed by atoms with Gasteiger partial charge in [0.2, 0.25) is 0 Å². The minimum Gasteiger partial charge on any atom is -0.784 e. The van der Waals surface area contributed by atoms with Gasteiger partial charge in [-0.1, -0.05) is 0 Å². The molecule has 0 saturated carbocycles. The molecule has 12 nitrogen and oxygen atoms in total. The standard InChI is InChI=1S/4H2O3S.2V/c4*1-4(2)3;;/h4*(H2,1,2,3);;/q;;;;2*+4/p-8. The third kappa shape index (κ3) is 2250. The monoisotopic (exact) mass is 422 g/mol. The number of hydrogen-bond acceptors (Lipinski definition) is 12. The molecule has 0 N–H and O–H groups in total. The number of hydrogen-bond donors (Lipinski definition) is 0. The summed E-state index contributed by atoms with van der Waals surface area (Å²) in [6.45, 7) is 0. The molecule has 106 valence electrons. The summed E-state index contributed by atoms with van der Waals surface area (Å²) in [7, 11) is 0. The maximum atomic E-state index is 8.44. The molecule has 0 aromatic carbocycles. The van der Waals surface area contributed by atoms with Gasteiger partial charge in [-0.2, -0.15) is 0 Å². The third-order valence-electron chi connectivity index (χ3n) is 0. The third-order valence-corrected chi connectivity index (χ3v) is 0. The second kappa shape index (κ2) is 31.1. The fourth-order valence-electron chi connectivity index (χ4n) is 0. The van der Waals surface area contributed by atoms with Crippen LogP contribution in [-0.4, -0.2) is 53.3 Å². The molecule has 18 heteroatoms. The minimum atomic E-state index is -3.11. The zero-order chi connectivity index (χ0) is 14.3. The van der Waals surface area contributed by atoms with E-state index in [1.165, 1.54) is 0 Å². The Bertz CT molecular complexity index is 162. The van der Waals surface area contributed by atoms with Crippen LogP contribution in [0, 0.1) is 0 Å². The molecule has 0 aromatic rings. The van der Waals surface area contributed by atoms with E-state index in [1.54, 1.807) is 0 Å². The van der Waals surface area contributed by atoms with Gasteiger partial charge in [-0.15, -0.1) is 45.4 Å². The van der Waals surface area contributed by atoms with Crippen LogP contribution >= 0.6 is 0 Å². The topological polar surface area (TPSA) is 253 Å². The average molecular weight is 422 g/mol. The first kappa shape index (κ1) is 36.6. The van der Waals surface area contributed by atoms with Crippen molar-refractivity contribution in [1.82, 2.24) is 0 Å². The summed E-state index contributed by atoms with van der Waals surface area (Å²) < 4.78 is 101. The Labute approximate surface area is 135 Å². The molecule has 0 aliphatic rings. The Balaban J connectivity index is -0.0000000257. The molecule has 0 aliphatic carbocycles. The van der Waals surface area contributed by atoms with Gasteiger partial charge in [0.05, 0.1) is 0 Å². The fourth-order valence-corrected chi connectivity index (χ4v) is 0. The largest absolute Gasteiger partial charge is 4.00 e. The van der Waals surface area contributed by atoms with Gasteiger partial charge in [0, 0.05) is 0 Å². The molecule has 0 aromatic heterocycles. The van der Waals surface area contributed by atoms with Crippen molar-refractivity contribution in [3.63, 3.8) is 0 Å². The quantitative estimate of drug-likeness (QED) is 0.338. The molecule has 0 saturated heterocycles. The Kier molecular flexibility index (Phi) is 63.1. The minimum absolute atomic E-state index is 0. The van der Waals surface area contributed by atoms with Crippen LogP contribution in [0.3, 0.4) is 0 Å². The van der Waals surface area contributed by atoms with Gasteiger partial charge in [-0.25, -0.2) is 0 Å². The maximum absolute atomic E-state index is 8.44. The van der Waals surface area contributed by atoms with Crippen LogP contribution in [0.15, 0.2) is 0 Å². The van der Waals surface area contributed by atoms with Crippen molar-refractivity contribution in [1.29, 1.82) is 0 Å². The van der Waals surface area contributed by atoms with Crippen LogP contribution in [-0.2, 0) is 82.6 Å². The van der Waals surface area contributed by atoms with Gasteiger partial charge < -0.3 is 36.4 Å². The van der Waals surface area contributed by atoms with E-state index < -0.39 is 45.4 Å². The smallest absolute Gasteiger partial charge is 0.784 e. The molecular weight excluding hydrogens is 422 g/mol. The summed E-state index contributed by atoms with van der Waals surface area (Å²) in [5.41, 5.74) is 0. The molecule has 18 heavy (non-hydrogen) atoms. The van der Waals surface area contributed by atoms with E-state index in [9.17, 15) is 0 Å². The summed E-state index contributed by atoms with van der Waals surface area (Å²) in [5.74, 6) is 0. The first-order chi connectivity index (χ1) is 6.93. The molecule has 2 radical (unpaired) electrons. The summed E-state index contributed by atoms with van der Waals surface area (Å²) >= 11 is -12.4. The van der Waals surface area contributed by atoms with Crippen LogP contribution in [0.25, 0.3) is 0 Å². The summed E-state index contributed by atoms with van der Waals surface area (Å²) in [6, 6.07) is 0. The van der Waals surface area contributed by atoms with Crippen molar-refractivity contribution in [2.75, 3.05) is 0 Å². The Morgan fingerprint density at radius 1 is 0.389 bits per heavy atom. The van der Waals surface area contributed by atoms with E-state index in [-0.39, 0.29) is 37.1 Å².